The Hall–Kier alpha value is -1.23. The summed E-state index contributed by atoms with van der Waals surface area (Å²) in [7, 11) is -3.28. The van der Waals surface area contributed by atoms with Crippen LogP contribution in [0.25, 0.3) is 0 Å². The molecule has 0 aliphatic carbocycles. The lowest BCUT2D eigenvalue weighted by molar-refractivity contribution is -0.330. The zero-order chi connectivity index (χ0) is 21.5. The topological polar surface area (TPSA) is 61.8 Å². The summed E-state index contributed by atoms with van der Waals surface area (Å²) in [6.45, 7) is 6.35. The van der Waals surface area contributed by atoms with Gasteiger partial charge in [0.25, 0.3) is 0 Å². The van der Waals surface area contributed by atoms with Crippen LogP contribution in [0.1, 0.15) is 39.5 Å². The maximum absolute atomic E-state index is 14.5. The third kappa shape index (κ3) is 6.41. The lowest BCUT2D eigenvalue weighted by Gasteiger charge is -2.40. The fourth-order valence-electron chi connectivity index (χ4n) is 1.97. The van der Waals surface area contributed by atoms with E-state index in [-0.39, 0.29) is 12.8 Å². The summed E-state index contributed by atoms with van der Waals surface area (Å²) in [5.74, 6) is -10.0. The van der Waals surface area contributed by atoms with Gasteiger partial charge in [-0.25, -0.2) is 9.59 Å². The second-order valence-electron chi connectivity index (χ2n) is 6.95. The molecule has 0 rings (SSSR count). The molecule has 0 unspecified atom stereocenters. The van der Waals surface area contributed by atoms with Crippen LogP contribution in [0.5, 0.6) is 0 Å². The van der Waals surface area contributed by atoms with Crippen molar-refractivity contribution in [2.75, 3.05) is 13.2 Å². The van der Waals surface area contributed by atoms with Crippen molar-refractivity contribution in [2.24, 2.45) is 0 Å². The Balaban J connectivity index is 6.29. The summed E-state index contributed by atoms with van der Waals surface area (Å²) in [5.41, 5.74) is -4.24. The second-order valence-corrected chi connectivity index (χ2v) is 11.4. The van der Waals surface area contributed by atoms with E-state index in [1.807, 2.05) is 0 Å². The predicted molar refractivity (Wildman–Crippen MR) is 89.9 cm³/mol. The number of esters is 2. The van der Waals surface area contributed by atoms with Crippen LogP contribution in [0.4, 0.5) is 22.0 Å². The Morgan fingerprint density at radius 1 is 0.815 bits per heavy atom. The Bertz CT molecular complexity index is 480. The lowest BCUT2D eigenvalue weighted by atomic mass is 9.95. The van der Waals surface area contributed by atoms with E-state index in [4.69, 9.17) is 4.43 Å². The molecule has 0 aliphatic rings. The summed E-state index contributed by atoms with van der Waals surface area (Å²) in [6.07, 6.45) is -4.81. The van der Waals surface area contributed by atoms with Crippen LogP contribution in [0.2, 0.25) is 19.6 Å². The number of carbonyl (C=O) groups is 2. The largest absolute Gasteiger partial charge is 0.463 e. The van der Waals surface area contributed by atoms with Gasteiger partial charge in [-0.05, 0) is 32.5 Å². The molecule has 0 atom stereocenters. The highest BCUT2D eigenvalue weighted by Gasteiger charge is 2.80. The molecule has 0 radical (unpaired) electrons. The molecule has 0 aromatic carbocycles. The van der Waals surface area contributed by atoms with Gasteiger partial charge in [0.2, 0.25) is 0 Å². The van der Waals surface area contributed by atoms with Crippen molar-refractivity contribution in [2.45, 2.75) is 76.9 Å². The summed E-state index contributed by atoms with van der Waals surface area (Å²) in [5, 5.41) is 0. The van der Waals surface area contributed by atoms with Crippen molar-refractivity contribution >= 4 is 20.3 Å². The first-order valence-corrected chi connectivity index (χ1v) is 12.1. The number of hydrogen-bond acceptors (Lipinski definition) is 5. The Morgan fingerprint density at radius 3 is 1.44 bits per heavy atom. The van der Waals surface area contributed by atoms with Gasteiger partial charge < -0.3 is 13.9 Å². The van der Waals surface area contributed by atoms with Crippen molar-refractivity contribution in [3.8, 4) is 0 Å². The van der Waals surface area contributed by atoms with E-state index < -0.39 is 51.2 Å². The third-order valence-corrected chi connectivity index (χ3v) is 4.21. The first-order chi connectivity index (χ1) is 12.2. The molecule has 0 aliphatic heterocycles. The number of alkyl halides is 5. The minimum atomic E-state index is -6.24. The van der Waals surface area contributed by atoms with Gasteiger partial charge in [0.1, 0.15) is 0 Å². The fourth-order valence-corrected chi connectivity index (χ4v) is 3.18. The fraction of sp³-hybridized carbons (Fsp3) is 0.875. The van der Waals surface area contributed by atoms with Gasteiger partial charge in [-0.1, -0.05) is 26.7 Å². The molecule has 0 N–H and O–H groups in total. The number of ether oxygens (including phenoxy) is 2. The minimum Gasteiger partial charge on any atom is -0.463 e. The van der Waals surface area contributed by atoms with Crippen molar-refractivity contribution < 1.29 is 45.4 Å². The number of halogens is 5. The van der Waals surface area contributed by atoms with E-state index in [1.165, 1.54) is 19.6 Å². The SMILES string of the molecule is CCCCOC(=O)C(O[Si](C)(C)C)(C(=O)OCCCC)C(F)(F)C(F)(F)F. The quantitative estimate of drug-likeness (QED) is 0.162. The molecule has 5 nitrogen and oxygen atoms in total. The van der Waals surface area contributed by atoms with Crippen LogP contribution in [0.15, 0.2) is 0 Å². The van der Waals surface area contributed by atoms with Crippen molar-refractivity contribution in [1.82, 2.24) is 0 Å². The molecule has 0 saturated heterocycles. The van der Waals surface area contributed by atoms with Gasteiger partial charge in [-0.15, -0.1) is 0 Å². The van der Waals surface area contributed by atoms with Gasteiger partial charge in [0.05, 0.1) is 13.2 Å². The Morgan fingerprint density at radius 2 is 1.19 bits per heavy atom. The molecule has 0 aromatic rings. The maximum Gasteiger partial charge on any atom is 0.457 e. The molecule has 0 heterocycles. The maximum atomic E-state index is 14.5. The molecule has 0 bridgehead atoms. The van der Waals surface area contributed by atoms with Crippen molar-refractivity contribution in [3.05, 3.63) is 0 Å². The monoisotopic (exact) mass is 422 g/mol. The van der Waals surface area contributed by atoms with E-state index >= 15 is 0 Å². The first kappa shape index (κ1) is 25.8. The van der Waals surface area contributed by atoms with Crippen LogP contribution < -0.4 is 0 Å². The van der Waals surface area contributed by atoms with Crippen molar-refractivity contribution in [3.63, 3.8) is 0 Å². The molecular formula is C16H27F5O5Si. The smallest absolute Gasteiger partial charge is 0.457 e. The first-order valence-electron chi connectivity index (χ1n) is 8.66. The van der Waals surface area contributed by atoms with Gasteiger partial charge in [0, 0.05) is 0 Å². The standard InChI is InChI=1S/C16H27F5O5Si/c1-6-8-10-24-12(22)14(26-27(3,4)5,13(23)25-11-9-7-2)15(17,18)16(19,20)21/h6-11H2,1-5H3. The lowest BCUT2D eigenvalue weighted by Crippen LogP contribution is -2.70. The highest BCUT2D eigenvalue weighted by Crippen LogP contribution is 2.48. The molecule has 0 amide bonds. The summed E-state index contributed by atoms with van der Waals surface area (Å²) < 4.78 is 82.5. The average Bonchev–Trinajstić information content (AvgIpc) is 2.50. The van der Waals surface area contributed by atoms with Gasteiger partial charge >= 0.3 is 29.6 Å². The summed E-state index contributed by atoms with van der Waals surface area (Å²) >= 11 is 0. The van der Waals surface area contributed by atoms with Crippen LogP contribution in [0.3, 0.4) is 0 Å². The van der Waals surface area contributed by atoms with Crippen LogP contribution in [-0.4, -0.2) is 51.2 Å². The van der Waals surface area contributed by atoms with Crippen LogP contribution in [-0.2, 0) is 23.5 Å². The molecule has 0 fully saturated rings. The highest BCUT2D eigenvalue weighted by molar-refractivity contribution is 6.70. The average molecular weight is 422 g/mol. The van der Waals surface area contributed by atoms with Gasteiger partial charge in [-0.3, -0.25) is 0 Å². The highest BCUT2D eigenvalue weighted by atomic mass is 28.4. The minimum absolute atomic E-state index is 0.219. The van der Waals surface area contributed by atoms with Crippen molar-refractivity contribution in [1.29, 1.82) is 0 Å². The Labute approximate surface area is 156 Å². The van der Waals surface area contributed by atoms with E-state index in [1.54, 1.807) is 13.8 Å². The number of unbranched alkanes of at least 4 members (excludes halogenated alkanes) is 2. The zero-order valence-corrected chi connectivity index (χ0v) is 17.2. The molecule has 0 aromatic heterocycles. The van der Waals surface area contributed by atoms with Gasteiger partial charge in [-0.2, -0.15) is 22.0 Å². The predicted octanol–water partition coefficient (Wildman–Crippen LogP) is 4.46. The number of rotatable bonds is 11. The molecule has 0 saturated carbocycles. The van der Waals surface area contributed by atoms with E-state index in [2.05, 4.69) is 9.47 Å². The summed E-state index contributed by atoms with van der Waals surface area (Å²) in [6, 6.07) is 0. The number of carbonyl (C=O) groups excluding carboxylic acids is 2. The zero-order valence-electron chi connectivity index (χ0n) is 16.2. The normalized spacial score (nSPS) is 13.4. The molecule has 0 spiro atoms. The van der Waals surface area contributed by atoms with Crippen LogP contribution in [0, 0.1) is 0 Å². The van der Waals surface area contributed by atoms with E-state index in [0.29, 0.717) is 12.8 Å². The van der Waals surface area contributed by atoms with Gasteiger partial charge in [0.15, 0.2) is 8.32 Å². The number of hydrogen-bond donors (Lipinski definition) is 0. The molecule has 160 valence electrons. The van der Waals surface area contributed by atoms with Crippen LogP contribution >= 0.6 is 0 Å². The molecular weight excluding hydrogens is 395 g/mol. The molecule has 11 heteroatoms. The second kappa shape index (κ2) is 9.81. The summed E-state index contributed by atoms with van der Waals surface area (Å²) in [4.78, 5) is 24.8. The molecule has 27 heavy (non-hydrogen) atoms. The Kier molecular flexibility index (Phi) is 9.36. The van der Waals surface area contributed by atoms with E-state index in [0.717, 1.165) is 0 Å². The third-order valence-electron chi connectivity index (χ3n) is 3.29. The van der Waals surface area contributed by atoms with E-state index in [9.17, 15) is 31.5 Å².